The summed E-state index contributed by atoms with van der Waals surface area (Å²) in [6.07, 6.45) is 2.92. The fourth-order valence-electron chi connectivity index (χ4n) is 1.53. The van der Waals surface area contributed by atoms with Gasteiger partial charge in [0, 0.05) is 12.7 Å². The molecule has 1 rings (SSSR count). The van der Waals surface area contributed by atoms with Crippen molar-refractivity contribution >= 4 is 12.6 Å². The van der Waals surface area contributed by atoms with Gasteiger partial charge in [-0.25, -0.2) is 0 Å². The van der Waals surface area contributed by atoms with Crippen LogP contribution in [-0.4, -0.2) is 30.7 Å². The van der Waals surface area contributed by atoms with E-state index in [-0.39, 0.29) is 23.6 Å². The van der Waals surface area contributed by atoms with Gasteiger partial charge >= 0.3 is 6.92 Å². The molecule has 0 fully saturated rings. The van der Waals surface area contributed by atoms with E-state index in [0.29, 0.717) is 0 Å². The maximum atomic E-state index is 12.0. The van der Waals surface area contributed by atoms with Crippen LogP contribution in [0, 0.1) is 0 Å². The summed E-state index contributed by atoms with van der Waals surface area (Å²) in [5.41, 5.74) is 0.826. The van der Waals surface area contributed by atoms with Crippen molar-refractivity contribution in [2.45, 2.75) is 26.1 Å². The first kappa shape index (κ1) is 18.2. The van der Waals surface area contributed by atoms with Crippen LogP contribution in [-0.2, 0) is 4.65 Å². The van der Waals surface area contributed by atoms with E-state index >= 15 is 0 Å². The molecule has 0 saturated carbocycles. The smallest absolute Gasteiger partial charge is 0.375 e. The van der Waals surface area contributed by atoms with Crippen molar-refractivity contribution in [1.82, 2.24) is 0 Å². The van der Waals surface area contributed by atoms with Gasteiger partial charge in [0.15, 0.2) is 5.68 Å². The molecule has 0 saturated heterocycles. The van der Waals surface area contributed by atoms with Crippen LogP contribution >= 0.6 is 0 Å². The summed E-state index contributed by atoms with van der Waals surface area (Å²) < 4.78 is 5.22. The lowest BCUT2D eigenvalue weighted by molar-refractivity contribution is 0.105. The molecular formula is C12H21BO4. The summed E-state index contributed by atoms with van der Waals surface area (Å²) in [4.78, 5) is 12.0. The van der Waals surface area contributed by atoms with Gasteiger partial charge in [0.1, 0.15) is 0 Å². The number of carbonyl (C=O) groups is 1. The quantitative estimate of drug-likeness (QED) is 0.699. The molecule has 0 radical (unpaired) electrons. The maximum Gasteiger partial charge on any atom is 0.375 e. The van der Waals surface area contributed by atoms with E-state index in [4.69, 9.17) is 4.65 Å². The first-order valence-electron chi connectivity index (χ1n) is 5.41. The second-order valence-corrected chi connectivity index (χ2v) is 3.60. The van der Waals surface area contributed by atoms with Gasteiger partial charge in [0.25, 0.3) is 0 Å². The average molecular weight is 240 g/mol. The Labute approximate surface area is 103 Å². The lowest BCUT2D eigenvalue weighted by atomic mass is 9.57. The molecule has 0 aliphatic rings. The molecule has 0 aromatic heterocycles. The summed E-state index contributed by atoms with van der Waals surface area (Å²) in [6.45, 7) is 1.83. The number of rotatable bonds is 6. The number of carbonyl (C=O) groups excluding carboxylic acids is 1. The van der Waals surface area contributed by atoms with E-state index in [1.165, 1.54) is 0 Å². The Balaban J connectivity index is 0. The number of hydrogen-bond donors (Lipinski definition) is 0. The van der Waals surface area contributed by atoms with E-state index in [9.17, 15) is 4.79 Å². The summed E-state index contributed by atoms with van der Waals surface area (Å²) in [7, 11) is 1.60. The number of unbranched alkanes of at least 4 members (excludes halogenated alkanes) is 1. The Kier molecular flexibility index (Phi) is 10.7. The fraction of sp³-hybridized carbons (Fsp3) is 0.417. The van der Waals surface area contributed by atoms with E-state index in [2.05, 4.69) is 6.92 Å². The second kappa shape index (κ2) is 10.0. The van der Waals surface area contributed by atoms with Crippen molar-refractivity contribution in [3.8, 4) is 0 Å². The highest BCUT2D eigenvalue weighted by Crippen LogP contribution is 2.09. The third-order valence-electron chi connectivity index (χ3n) is 2.46. The van der Waals surface area contributed by atoms with Crippen LogP contribution in [0.25, 0.3) is 0 Å². The van der Waals surface area contributed by atoms with Crippen molar-refractivity contribution in [2.75, 3.05) is 7.11 Å². The van der Waals surface area contributed by atoms with E-state index < -0.39 is 0 Å². The van der Waals surface area contributed by atoms with Crippen LogP contribution in [0.4, 0.5) is 0 Å². The molecule has 1 aromatic carbocycles. The molecule has 0 heterocycles. The van der Waals surface area contributed by atoms with E-state index in [1.54, 1.807) is 7.11 Å². The summed E-state index contributed by atoms with van der Waals surface area (Å²) in [5.74, 6) is 0. The molecule has 5 heteroatoms. The lowest BCUT2D eigenvalue weighted by Gasteiger charge is -2.09. The first-order valence-corrected chi connectivity index (χ1v) is 5.41. The molecule has 1 aromatic rings. The van der Waals surface area contributed by atoms with Gasteiger partial charge in [-0.15, -0.1) is 0 Å². The van der Waals surface area contributed by atoms with Gasteiger partial charge in [0.05, 0.1) is 0 Å². The predicted octanol–water partition coefficient (Wildman–Crippen LogP) is 1.20. The fourth-order valence-corrected chi connectivity index (χ4v) is 1.53. The molecule has 0 bridgehead atoms. The summed E-state index contributed by atoms with van der Waals surface area (Å²) in [5, 5.41) is 0. The zero-order chi connectivity index (χ0) is 11.1. The molecule has 96 valence electrons. The monoisotopic (exact) mass is 240 g/mol. The van der Waals surface area contributed by atoms with Gasteiger partial charge in [-0.2, -0.15) is 0 Å². The molecule has 4 N–H and O–H groups in total. The van der Waals surface area contributed by atoms with Crippen molar-refractivity contribution < 1.29 is 20.4 Å². The van der Waals surface area contributed by atoms with Crippen LogP contribution < -0.4 is 0 Å². The van der Waals surface area contributed by atoms with Crippen molar-refractivity contribution in [2.24, 2.45) is 0 Å². The molecule has 0 spiro atoms. The normalized spacial score (nSPS) is 8.82. The van der Waals surface area contributed by atoms with Gasteiger partial charge in [-0.3, -0.25) is 0 Å². The van der Waals surface area contributed by atoms with E-state index in [0.717, 1.165) is 24.7 Å². The minimum atomic E-state index is -0.285. The standard InChI is InChI=1S/C12H17BO2.2H2O/c1-3-4-10-13(15-2)12(14)11-8-6-5-7-9-11;;/h5-9H,3-4,10H2,1-2H3;2*1H2. The Morgan fingerprint density at radius 2 is 1.82 bits per heavy atom. The molecule has 0 amide bonds. The van der Waals surface area contributed by atoms with E-state index in [1.807, 2.05) is 30.3 Å². The summed E-state index contributed by atoms with van der Waals surface area (Å²) in [6, 6.07) is 9.32. The predicted molar refractivity (Wildman–Crippen MR) is 70.5 cm³/mol. The van der Waals surface area contributed by atoms with Gasteiger partial charge in [-0.05, 0) is 6.32 Å². The van der Waals surface area contributed by atoms with Crippen LogP contribution in [0.2, 0.25) is 6.32 Å². The Morgan fingerprint density at radius 1 is 1.24 bits per heavy atom. The Hall–Kier alpha value is -1.17. The largest absolute Gasteiger partial charge is 0.431 e. The van der Waals surface area contributed by atoms with Gasteiger partial charge in [-0.1, -0.05) is 50.1 Å². The first-order chi connectivity index (χ1) is 7.29. The van der Waals surface area contributed by atoms with Crippen LogP contribution in [0.5, 0.6) is 0 Å². The lowest BCUT2D eigenvalue weighted by Crippen LogP contribution is -2.28. The molecule has 0 atom stereocenters. The van der Waals surface area contributed by atoms with Crippen molar-refractivity contribution in [1.29, 1.82) is 0 Å². The minimum absolute atomic E-state index is 0. The average Bonchev–Trinajstić information content (AvgIpc) is 2.31. The minimum Gasteiger partial charge on any atom is -0.431 e. The third-order valence-corrected chi connectivity index (χ3v) is 2.46. The van der Waals surface area contributed by atoms with Gasteiger partial charge in [0.2, 0.25) is 0 Å². The van der Waals surface area contributed by atoms with Crippen LogP contribution in [0.1, 0.15) is 30.1 Å². The van der Waals surface area contributed by atoms with Crippen LogP contribution in [0.3, 0.4) is 0 Å². The highest BCUT2D eigenvalue weighted by atomic mass is 16.4. The molecule has 4 nitrogen and oxygen atoms in total. The SMILES string of the molecule is CCCCB(OC)C(=O)c1ccccc1.O.O. The highest BCUT2D eigenvalue weighted by molar-refractivity contribution is 6.88. The highest BCUT2D eigenvalue weighted by Gasteiger charge is 2.24. The zero-order valence-corrected chi connectivity index (χ0v) is 10.4. The molecule has 0 aliphatic carbocycles. The van der Waals surface area contributed by atoms with Crippen molar-refractivity contribution in [3.63, 3.8) is 0 Å². The Morgan fingerprint density at radius 3 is 2.29 bits per heavy atom. The summed E-state index contributed by atoms with van der Waals surface area (Å²) >= 11 is 0. The maximum absolute atomic E-state index is 12.0. The van der Waals surface area contributed by atoms with Gasteiger partial charge < -0.3 is 20.4 Å². The zero-order valence-electron chi connectivity index (χ0n) is 10.4. The topological polar surface area (TPSA) is 89.3 Å². The van der Waals surface area contributed by atoms with Crippen LogP contribution in [0.15, 0.2) is 30.3 Å². The number of benzene rings is 1. The van der Waals surface area contributed by atoms with Crippen molar-refractivity contribution in [3.05, 3.63) is 35.9 Å². The second-order valence-electron chi connectivity index (χ2n) is 3.60. The molecule has 0 unspecified atom stereocenters. The Bertz CT molecular complexity index is 303. The number of hydrogen-bond acceptors (Lipinski definition) is 2. The molecule has 0 aliphatic heterocycles. The molecule has 17 heavy (non-hydrogen) atoms. The molecular weight excluding hydrogens is 219 g/mol. The third kappa shape index (κ3) is 5.63.